The first-order chi connectivity index (χ1) is 9.41. The Labute approximate surface area is 115 Å². The molecule has 7 nitrogen and oxygen atoms in total. The second-order valence-corrected chi connectivity index (χ2v) is 4.35. The normalized spacial score (nSPS) is 10.3. The molecule has 0 saturated heterocycles. The maximum Gasteiger partial charge on any atom is 0.337 e. The van der Waals surface area contributed by atoms with Crippen molar-refractivity contribution in [1.82, 2.24) is 14.8 Å². The van der Waals surface area contributed by atoms with Crippen LogP contribution in [-0.2, 0) is 7.05 Å². The first-order valence-corrected chi connectivity index (χ1v) is 5.90. The minimum atomic E-state index is -1.12. The van der Waals surface area contributed by atoms with Crippen molar-refractivity contribution in [2.75, 3.05) is 5.32 Å². The lowest BCUT2D eigenvalue weighted by Gasteiger charge is -2.08. The van der Waals surface area contributed by atoms with Crippen molar-refractivity contribution in [2.24, 2.45) is 7.05 Å². The van der Waals surface area contributed by atoms with Crippen molar-refractivity contribution in [1.29, 1.82) is 0 Å². The van der Waals surface area contributed by atoms with Gasteiger partial charge in [-0.05, 0) is 19.9 Å². The van der Waals surface area contributed by atoms with E-state index in [1.54, 1.807) is 25.6 Å². The Kier molecular flexibility index (Phi) is 3.51. The van der Waals surface area contributed by atoms with E-state index in [2.05, 4.69) is 15.4 Å². The second-order valence-electron chi connectivity index (χ2n) is 4.35. The minimum Gasteiger partial charge on any atom is -0.478 e. The number of hydrogen-bond acceptors (Lipinski definition) is 4. The molecule has 0 bridgehead atoms. The topological polar surface area (TPSA) is 97.1 Å². The Morgan fingerprint density at radius 3 is 2.60 bits per heavy atom. The molecular formula is C13H14N4O3. The molecule has 2 heterocycles. The number of aromatic carboxylic acids is 1. The Bertz CT molecular complexity index is 691. The highest BCUT2D eigenvalue weighted by Gasteiger charge is 2.19. The highest BCUT2D eigenvalue weighted by molar-refractivity contribution is 6.08. The van der Waals surface area contributed by atoms with Crippen LogP contribution in [0.25, 0.3) is 0 Å². The largest absolute Gasteiger partial charge is 0.478 e. The summed E-state index contributed by atoms with van der Waals surface area (Å²) >= 11 is 0. The summed E-state index contributed by atoms with van der Waals surface area (Å²) in [6, 6.07) is 1.33. The van der Waals surface area contributed by atoms with Gasteiger partial charge in [0, 0.05) is 18.9 Å². The van der Waals surface area contributed by atoms with Crippen LogP contribution in [0, 0.1) is 13.8 Å². The number of rotatable bonds is 3. The average Bonchev–Trinajstić information content (AvgIpc) is 2.63. The third kappa shape index (κ3) is 2.37. The van der Waals surface area contributed by atoms with Gasteiger partial charge >= 0.3 is 5.97 Å². The Balaban J connectivity index is 2.36. The molecule has 0 spiro atoms. The van der Waals surface area contributed by atoms with E-state index in [1.807, 2.05) is 0 Å². The zero-order valence-electron chi connectivity index (χ0n) is 11.3. The van der Waals surface area contributed by atoms with E-state index in [0.717, 1.165) is 0 Å². The van der Waals surface area contributed by atoms with Crippen LogP contribution in [0.4, 0.5) is 5.69 Å². The molecule has 7 heteroatoms. The molecule has 0 aliphatic rings. The molecule has 0 aromatic carbocycles. The van der Waals surface area contributed by atoms with E-state index >= 15 is 0 Å². The molecule has 2 rings (SSSR count). The number of amides is 1. The summed E-state index contributed by atoms with van der Waals surface area (Å²) < 4.78 is 1.60. The summed E-state index contributed by atoms with van der Waals surface area (Å²) in [4.78, 5) is 27.2. The Morgan fingerprint density at radius 2 is 2.05 bits per heavy atom. The second kappa shape index (κ2) is 5.12. The van der Waals surface area contributed by atoms with Crippen molar-refractivity contribution >= 4 is 17.6 Å². The van der Waals surface area contributed by atoms with E-state index in [0.29, 0.717) is 17.0 Å². The monoisotopic (exact) mass is 274 g/mol. The zero-order chi connectivity index (χ0) is 14.9. The number of carboxylic acids is 1. The van der Waals surface area contributed by atoms with E-state index in [4.69, 9.17) is 5.11 Å². The fourth-order valence-electron chi connectivity index (χ4n) is 1.97. The highest BCUT2D eigenvalue weighted by atomic mass is 16.4. The molecule has 0 saturated carbocycles. The third-order valence-electron chi connectivity index (χ3n) is 3.04. The standard InChI is InChI=1S/C13H14N4O3/c1-7-11(8(2)17(3)16-7)12(18)15-10-6-14-5-4-9(10)13(19)20/h4-6H,1-3H3,(H,15,18)(H,19,20). The smallest absolute Gasteiger partial charge is 0.337 e. The van der Waals surface area contributed by atoms with Crippen LogP contribution in [0.5, 0.6) is 0 Å². The average molecular weight is 274 g/mol. The van der Waals surface area contributed by atoms with Gasteiger partial charge in [0.15, 0.2) is 0 Å². The number of nitrogens with zero attached hydrogens (tertiary/aromatic N) is 3. The molecule has 1 amide bonds. The molecular weight excluding hydrogens is 260 g/mol. The summed E-state index contributed by atoms with van der Waals surface area (Å²) in [5.41, 5.74) is 1.89. The van der Waals surface area contributed by atoms with Crippen molar-refractivity contribution < 1.29 is 14.7 Å². The van der Waals surface area contributed by atoms with Gasteiger partial charge in [0.1, 0.15) is 0 Å². The predicted octanol–water partition coefficient (Wildman–Crippen LogP) is 1.38. The van der Waals surface area contributed by atoms with Crippen molar-refractivity contribution in [3.8, 4) is 0 Å². The van der Waals surface area contributed by atoms with E-state index in [1.165, 1.54) is 18.5 Å². The van der Waals surface area contributed by atoms with E-state index in [-0.39, 0.29) is 11.3 Å². The van der Waals surface area contributed by atoms with Gasteiger partial charge in [0.25, 0.3) is 5.91 Å². The maximum atomic E-state index is 12.3. The zero-order valence-corrected chi connectivity index (χ0v) is 11.3. The van der Waals surface area contributed by atoms with Gasteiger partial charge in [-0.2, -0.15) is 5.10 Å². The van der Waals surface area contributed by atoms with Crippen LogP contribution in [0.3, 0.4) is 0 Å². The Hall–Kier alpha value is -2.70. The summed E-state index contributed by atoms with van der Waals surface area (Å²) in [6.45, 7) is 3.50. The summed E-state index contributed by atoms with van der Waals surface area (Å²) in [5, 5.41) is 15.8. The molecule has 0 aliphatic carbocycles. The van der Waals surface area contributed by atoms with Gasteiger partial charge in [-0.3, -0.25) is 14.5 Å². The number of nitrogens with one attached hydrogen (secondary N) is 1. The highest BCUT2D eigenvalue weighted by Crippen LogP contribution is 2.17. The molecule has 0 radical (unpaired) electrons. The molecule has 20 heavy (non-hydrogen) atoms. The quantitative estimate of drug-likeness (QED) is 0.881. The molecule has 0 unspecified atom stereocenters. The third-order valence-corrected chi connectivity index (χ3v) is 3.04. The summed E-state index contributed by atoms with van der Waals surface area (Å²) in [5.74, 6) is -1.52. The van der Waals surface area contributed by atoms with Crippen LogP contribution in [0.1, 0.15) is 32.1 Å². The first kappa shape index (κ1) is 13.7. The van der Waals surface area contributed by atoms with Crippen molar-refractivity contribution in [2.45, 2.75) is 13.8 Å². The number of hydrogen-bond donors (Lipinski definition) is 2. The number of carbonyl (C=O) groups excluding carboxylic acids is 1. The molecule has 2 aromatic heterocycles. The first-order valence-electron chi connectivity index (χ1n) is 5.90. The van der Waals surface area contributed by atoms with Crippen LogP contribution in [-0.4, -0.2) is 31.7 Å². The van der Waals surface area contributed by atoms with E-state index < -0.39 is 11.9 Å². The van der Waals surface area contributed by atoms with Crippen LogP contribution < -0.4 is 5.32 Å². The number of carbonyl (C=O) groups is 2. The van der Waals surface area contributed by atoms with Gasteiger partial charge in [0.2, 0.25) is 0 Å². The van der Waals surface area contributed by atoms with Crippen LogP contribution in [0.15, 0.2) is 18.5 Å². The molecule has 104 valence electrons. The van der Waals surface area contributed by atoms with Gasteiger partial charge in [-0.15, -0.1) is 0 Å². The lowest BCUT2D eigenvalue weighted by molar-refractivity contribution is 0.0698. The number of pyridine rings is 1. The fraction of sp³-hybridized carbons (Fsp3) is 0.231. The lowest BCUT2D eigenvalue weighted by atomic mass is 10.1. The number of aromatic nitrogens is 3. The number of aryl methyl sites for hydroxylation is 2. The molecule has 2 aromatic rings. The minimum absolute atomic E-state index is 0.00690. The fourth-order valence-corrected chi connectivity index (χ4v) is 1.97. The lowest BCUT2D eigenvalue weighted by Crippen LogP contribution is -2.16. The van der Waals surface area contributed by atoms with Crippen molar-refractivity contribution in [3.05, 3.63) is 41.0 Å². The van der Waals surface area contributed by atoms with Crippen molar-refractivity contribution in [3.63, 3.8) is 0 Å². The summed E-state index contributed by atoms with van der Waals surface area (Å²) in [6.07, 6.45) is 2.67. The Morgan fingerprint density at radius 1 is 1.35 bits per heavy atom. The molecule has 2 N–H and O–H groups in total. The van der Waals surface area contributed by atoms with Gasteiger partial charge in [-0.1, -0.05) is 0 Å². The molecule has 0 atom stereocenters. The van der Waals surface area contributed by atoms with Crippen LogP contribution in [0.2, 0.25) is 0 Å². The maximum absolute atomic E-state index is 12.3. The molecule has 0 aliphatic heterocycles. The van der Waals surface area contributed by atoms with Gasteiger partial charge < -0.3 is 10.4 Å². The SMILES string of the molecule is Cc1nn(C)c(C)c1C(=O)Nc1cnccc1C(=O)O. The summed E-state index contributed by atoms with van der Waals surface area (Å²) in [7, 11) is 1.74. The predicted molar refractivity (Wildman–Crippen MR) is 71.8 cm³/mol. The number of carboxylic acid groups (broad SMARTS) is 1. The van der Waals surface area contributed by atoms with Crippen LogP contribution >= 0.6 is 0 Å². The van der Waals surface area contributed by atoms with Gasteiger partial charge in [0.05, 0.1) is 28.7 Å². The molecule has 0 fully saturated rings. The van der Waals surface area contributed by atoms with Gasteiger partial charge in [-0.25, -0.2) is 4.79 Å². The van der Waals surface area contributed by atoms with E-state index in [9.17, 15) is 9.59 Å². The number of anilines is 1.